The number of aromatic amines is 1. The molecule has 27 heavy (non-hydrogen) atoms. The number of aromatic nitrogens is 1. The van der Waals surface area contributed by atoms with Crippen LogP contribution in [0.1, 0.15) is 51.3 Å². The van der Waals surface area contributed by atoms with Crippen LogP contribution in [-0.4, -0.2) is 29.6 Å². The normalized spacial score (nSPS) is 27.3. The van der Waals surface area contributed by atoms with Gasteiger partial charge in [0.15, 0.2) is 5.43 Å². The summed E-state index contributed by atoms with van der Waals surface area (Å²) >= 11 is 6.39. The van der Waals surface area contributed by atoms with Crippen LogP contribution in [0, 0.1) is 17.8 Å². The van der Waals surface area contributed by atoms with E-state index in [4.69, 9.17) is 16.3 Å². The van der Waals surface area contributed by atoms with Gasteiger partial charge in [-0.2, -0.15) is 0 Å². The molecule has 1 aliphatic heterocycles. The molecule has 1 aromatic heterocycles. The minimum Gasteiger partial charge on any atom is -0.495 e. The van der Waals surface area contributed by atoms with E-state index in [0.717, 1.165) is 17.8 Å². The first-order valence-corrected chi connectivity index (χ1v) is 10.1. The average molecular weight is 389 g/mol. The Balaban J connectivity index is 1.76. The number of likely N-dealkylation sites (tertiary alicyclic amines) is 1. The van der Waals surface area contributed by atoms with Gasteiger partial charge in [-0.1, -0.05) is 32.4 Å². The summed E-state index contributed by atoms with van der Waals surface area (Å²) in [6, 6.07) is 4.09. The molecule has 2 heterocycles. The Bertz CT molecular complexity index is 965. The molecule has 0 amide bonds. The molecule has 2 atom stereocenters. The Morgan fingerprint density at radius 1 is 1.30 bits per heavy atom. The van der Waals surface area contributed by atoms with Gasteiger partial charge in [-0.25, -0.2) is 0 Å². The van der Waals surface area contributed by atoms with Crippen LogP contribution in [0.5, 0.6) is 5.75 Å². The van der Waals surface area contributed by atoms with E-state index in [9.17, 15) is 4.79 Å². The number of nitrogens with one attached hydrogen (secondary N) is 1. The number of pyridine rings is 1. The van der Waals surface area contributed by atoms with Gasteiger partial charge in [0.05, 0.1) is 23.0 Å². The van der Waals surface area contributed by atoms with E-state index in [1.807, 2.05) is 6.92 Å². The largest absolute Gasteiger partial charge is 0.495 e. The van der Waals surface area contributed by atoms with Crippen molar-refractivity contribution in [2.75, 3.05) is 13.7 Å². The number of nitrogens with zero attached hydrogens (tertiary/aromatic N) is 1. The molecule has 2 aliphatic rings. The lowest BCUT2D eigenvalue weighted by Gasteiger charge is -2.40. The Kier molecular flexibility index (Phi) is 4.36. The number of rotatable bonds is 3. The minimum absolute atomic E-state index is 0.0241. The molecule has 4 nitrogen and oxygen atoms in total. The van der Waals surface area contributed by atoms with Gasteiger partial charge in [0.25, 0.3) is 0 Å². The minimum atomic E-state index is 0.0241. The smallest absolute Gasteiger partial charge is 0.195 e. The first-order valence-electron chi connectivity index (χ1n) is 9.74. The summed E-state index contributed by atoms with van der Waals surface area (Å²) in [6.45, 7) is 10.9. The molecule has 1 aliphatic carbocycles. The number of fused-ring (bicyclic) bond motifs is 3. The van der Waals surface area contributed by atoms with Gasteiger partial charge in [0.2, 0.25) is 0 Å². The van der Waals surface area contributed by atoms with E-state index in [-0.39, 0.29) is 5.43 Å². The van der Waals surface area contributed by atoms with Crippen molar-refractivity contribution >= 4 is 22.5 Å². The topological polar surface area (TPSA) is 45.3 Å². The molecule has 1 saturated carbocycles. The van der Waals surface area contributed by atoms with Crippen molar-refractivity contribution in [3.05, 3.63) is 38.6 Å². The number of benzene rings is 1. The second kappa shape index (κ2) is 6.25. The highest BCUT2D eigenvalue weighted by Crippen LogP contribution is 2.52. The number of ether oxygens (including phenoxy) is 1. The number of hydrogen-bond acceptors (Lipinski definition) is 3. The highest BCUT2D eigenvalue weighted by molar-refractivity contribution is 6.35. The third kappa shape index (κ3) is 3.17. The molecule has 1 aromatic carbocycles. The van der Waals surface area contributed by atoms with E-state index in [2.05, 4.69) is 30.7 Å². The van der Waals surface area contributed by atoms with Crippen molar-refractivity contribution in [1.82, 2.24) is 9.88 Å². The zero-order valence-corrected chi connectivity index (χ0v) is 17.7. The summed E-state index contributed by atoms with van der Waals surface area (Å²) in [7, 11) is 1.61. The van der Waals surface area contributed by atoms with Crippen LogP contribution >= 0.6 is 11.6 Å². The maximum Gasteiger partial charge on any atom is 0.195 e. The van der Waals surface area contributed by atoms with E-state index in [1.54, 1.807) is 19.2 Å². The third-order valence-electron chi connectivity index (χ3n) is 6.49. The molecule has 2 aromatic rings. The van der Waals surface area contributed by atoms with Gasteiger partial charge in [0.1, 0.15) is 5.75 Å². The number of halogens is 1. The van der Waals surface area contributed by atoms with Crippen LogP contribution in [0.25, 0.3) is 10.9 Å². The summed E-state index contributed by atoms with van der Waals surface area (Å²) in [5.41, 5.74) is 3.16. The molecular weight excluding hydrogens is 360 g/mol. The highest BCUT2D eigenvalue weighted by atomic mass is 35.5. The fraction of sp³-hybridized carbons (Fsp3) is 0.591. The van der Waals surface area contributed by atoms with E-state index in [1.165, 1.54) is 19.3 Å². The molecule has 4 rings (SSSR count). The van der Waals surface area contributed by atoms with Crippen molar-refractivity contribution in [3.8, 4) is 5.75 Å². The summed E-state index contributed by atoms with van der Waals surface area (Å²) in [5.74, 6) is 0.646. The molecule has 5 heteroatoms. The molecule has 0 spiro atoms. The van der Waals surface area contributed by atoms with Gasteiger partial charge in [0, 0.05) is 30.4 Å². The zero-order valence-electron chi connectivity index (χ0n) is 16.9. The predicted octanol–water partition coefficient (Wildman–Crippen LogP) is 4.90. The second-order valence-electron chi connectivity index (χ2n) is 9.68. The van der Waals surface area contributed by atoms with Crippen molar-refractivity contribution in [3.63, 3.8) is 0 Å². The Hall–Kier alpha value is -1.52. The lowest BCUT2D eigenvalue weighted by molar-refractivity contribution is 0.126. The summed E-state index contributed by atoms with van der Waals surface area (Å²) in [6.07, 6.45) is 3.68. The molecule has 2 fully saturated rings. The Labute approximate surface area is 165 Å². The lowest BCUT2D eigenvalue weighted by Crippen LogP contribution is -2.35. The number of H-pyrrole nitrogens is 1. The lowest BCUT2D eigenvalue weighted by atomic mass is 9.65. The van der Waals surface area contributed by atoms with Crippen molar-refractivity contribution in [1.29, 1.82) is 0 Å². The Morgan fingerprint density at radius 3 is 2.74 bits per heavy atom. The third-order valence-corrected chi connectivity index (χ3v) is 6.80. The highest BCUT2D eigenvalue weighted by Gasteiger charge is 2.49. The van der Waals surface area contributed by atoms with Crippen molar-refractivity contribution in [2.24, 2.45) is 10.8 Å². The molecule has 1 N–H and O–H groups in total. The molecule has 0 radical (unpaired) electrons. The monoisotopic (exact) mass is 388 g/mol. The maximum atomic E-state index is 13.3. The molecule has 2 bridgehead atoms. The van der Waals surface area contributed by atoms with Crippen molar-refractivity contribution < 1.29 is 4.74 Å². The summed E-state index contributed by atoms with van der Waals surface area (Å²) in [5, 5.41) is 1.01. The zero-order chi connectivity index (χ0) is 19.6. The number of aryl methyl sites for hydroxylation is 1. The van der Waals surface area contributed by atoms with Crippen LogP contribution in [-0.2, 0) is 6.54 Å². The second-order valence-corrected chi connectivity index (χ2v) is 10.1. The van der Waals surface area contributed by atoms with Gasteiger partial charge in [-0.15, -0.1) is 0 Å². The van der Waals surface area contributed by atoms with E-state index >= 15 is 0 Å². The predicted molar refractivity (Wildman–Crippen MR) is 111 cm³/mol. The SMILES string of the molecule is COc1ccc(Cl)c2c(=O)c(CN3C[C@]4(C)C[C@@H]3CC(C)(C)C4)c(C)[nH]c12. The quantitative estimate of drug-likeness (QED) is 0.813. The number of hydrogen-bond donors (Lipinski definition) is 1. The van der Waals surface area contributed by atoms with Crippen LogP contribution < -0.4 is 10.2 Å². The first-order chi connectivity index (χ1) is 12.6. The maximum absolute atomic E-state index is 13.3. The fourth-order valence-electron chi connectivity index (χ4n) is 5.81. The van der Waals surface area contributed by atoms with Gasteiger partial charge < -0.3 is 9.72 Å². The standard InChI is InChI=1S/C22H29ClN2O2/c1-13-15(10-25-12-22(4)9-14(25)8-21(2,3)11-22)20(26)18-16(23)6-7-17(27-5)19(18)24-13/h6-7,14H,8-12H2,1-5H3,(H,24,26)/t14-,22+/m0/s1. The summed E-state index contributed by atoms with van der Waals surface area (Å²) in [4.78, 5) is 19.2. The average Bonchev–Trinajstić information content (AvgIpc) is 2.79. The van der Waals surface area contributed by atoms with Crippen LogP contribution in [0.3, 0.4) is 0 Å². The van der Waals surface area contributed by atoms with Gasteiger partial charge in [-0.05, 0) is 49.1 Å². The van der Waals surface area contributed by atoms with E-state index < -0.39 is 0 Å². The molecule has 146 valence electrons. The Morgan fingerprint density at radius 2 is 2.04 bits per heavy atom. The van der Waals surface area contributed by atoms with E-state index in [0.29, 0.717) is 45.1 Å². The summed E-state index contributed by atoms with van der Waals surface area (Å²) < 4.78 is 5.42. The molecule has 0 unspecified atom stereocenters. The van der Waals surface area contributed by atoms with Crippen LogP contribution in [0.15, 0.2) is 16.9 Å². The van der Waals surface area contributed by atoms with Gasteiger partial charge >= 0.3 is 0 Å². The molecular formula is C22H29ClN2O2. The fourth-order valence-corrected chi connectivity index (χ4v) is 6.06. The van der Waals surface area contributed by atoms with Gasteiger partial charge in [-0.3, -0.25) is 9.69 Å². The van der Waals surface area contributed by atoms with Crippen molar-refractivity contribution in [2.45, 2.75) is 59.5 Å². The number of methoxy groups -OCH3 is 1. The van der Waals surface area contributed by atoms with Crippen LogP contribution in [0.4, 0.5) is 0 Å². The first kappa shape index (κ1) is 18.8. The van der Waals surface area contributed by atoms with Crippen LogP contribution in [0.2, 0.25) is 5.02 Å². The molecule has 1 saturated heterocycles.